The summed E-state index contributed by atoms with van der Waals surface area (Å²) >= 11 is 0. The fourth-order valence-corrected chi connectivity index (χ4v) is 5.11. The molecule has 2 amide bonds. The average molecular weight is 366 g/mol. The van der Waals surface area contributed by atoms with Crippen LogP contribution >= 0.6 is 0 Å². The lowest BCUT2D eigenvalue weighted by molar-refractivity contribution is -0.115. The van der Waals surface area contributed by atoms with Gasteiger partial charge in [-0.15, -0.1) is 0 Å². The number of anilines is 2. The van der Waals surface area contributed by atoms with Crippen LogP contribution in [0.15, 0.2) is 24.3 Å². The van der Waals surface area contributed by atoms with Crippen molar-refractivity contribution in [1.82, 2.24) is 0 Å². The standard InChI is InChI=1S/C17H22N2O5S/c20-16(8-11-25(22,23)15-6-1-2-7-15)18-13-4-3-5-14(12-13)19-9-10-24-17(19)21/h3-5,12,15H,1-2,6-11H2,(H,18,20). The minimum atomic E-state index is -3.21. The zero-order chi connectivity index (χ0) is 17.9. The summed E-state index contributed by atoms with van der Waals surface area (Å²) in [6, 6.07) is 6.86. The van der Waals surface area contributed by atoms with Crippen LogP contribution in [0.4, 0.5) is 16.2 Å². The van der Waals surface area contributed by atoms with Gasteiger partial charge in [-0.25, -0.2) is 13.2 Å². The Labute approximate surface area is 147 Å². The molecule has 1 heterocycles. The van der Waals surface area contributed by atoms with E-state index in [0.717, 1.165) is 12.8 Å². The highest BCUT2D eigenvalue weighted by Crippen LogP contribution is 2.26. The molecule has 7 nitrogen and oxygen atoms in total. The van der Waals surface area contributed by atoms with E-state index in [-0.39, 0.29) is 23.3 Å². The van der Waals surface area contributed by atoms with Crippen LogP contribution in [-0.4, -0.2) is 44.6 Å². The second-order valence-corrected chi connectivity index (χ2v) is 8.79. The van der Waals surface area contributed by atoms with E-state index in [0.29, 0.717) is 37.4 Å². The second kappa shape index (κ2) is 7.43. The smallest absolute Gasteiger partial charge is 0.414 e. The molecule has 0 radical (unpaired) electrons. The Bertz CT molecular complexity index is 756. The maximum absolute atomic E-state index is 12.2. The van der Waals surface area contributed by atoms with Crippen LogP contribution in [0, 0.1) is 0 Å². The molecule has 1 aliphatic carbocycles. The van der Waals surface area contributed by atoms with Crippen molar-refractivity contribution in [1.29, 1.82) is 0 Å². The maximum Gasteiger partial charge on any atom is 0.414 e. The molecule has 3 rings (SSSR count). The van der Waals surface area contributed by atoms with Crippen molar-refractivity contribution in [3.05, 3.63) is 24.3 Å². The summed E-state index contributed by atoms with van der Waals surface area (Å²) in [4.78, 5) is 25.2. The molecule has 0 atom stereocenters. The van der Waals surface area contributed by atoms with Gasteiger partial charge < -0.3 is 10.1 Å². The monoisotopic (exact) mass is 366 g/mol. The molecule has 2 aliphatic rings. The van der Waals surface area contributed by atoms with Crippen molar-refractivity contribution in [3.63, 3.8) is 0 Å². The highest BCUT2D eigenvalue weighted by Gasteiger charge is 2.29. The molecule has 1 saturated carbocycles. The quantitative estimate of drug-likeness (QED) is 0.834. The lowest BCUT2D eigenvalue weighted by atomic mass is 10.2. The fourth-order valence-electron chi connectivity index (χ4n) is 3.25. The number of hydrogen-bond acceptors (Lipinski definition) is 5. The van der Waals surface area contributed by atoms with Crippen LogP contribution in [0.2, 0.25) is 0 Å². The Kier molecular flexibility index (Phi) is 5.27. The summed E-state index contributed by atoms with van der Waals surface area (Å²) in [6.45, 7) is 0.810. The largest absolute Gasteiger partial charge is 0.447 e. The van der Waals surface area contributed by atoms with E-state index < -0.39 is 15.9 Å². The Morgan fingerprint density at radius 2 is 2.04 bits per heavy atom. The highest BCUT2D eigenvalue weighted by atomic mass is 32.2. The minimum Gasteiger partial charge on any atom is -0.447 e. The van der Waals surface area contributed by atoms with Gasteiger partial charge in [0.2, 0.25) is 5.91 Å². The number of benzene rings is 1. The number of amides is 2. The van der Waals surface area contributed by atoms with E-state index in [1.54, 1.807) is 24.3 Å². The van der Waals surface area contributed by atoms with Crippen molar-refractivity contribution in [2.75, 3.05) is 29.1 Å². The number of hydrogen-bond donors (Lipinski definition) is 1. The molecular weight excluding hydrogens is 344 g/mol. The second-order valence-electron chi connectivity index (χ2n) is 6.39. The van der Waals surface area contributed by atoms with E-state index in [1.807, 2.05) is 0 Å². The molecule has 1 aliphatic heterocycles. The van der Waals surface area contributed by atoms with Crippen LogP contribution in [-0.2, 0) is 19.4 Å². The van der Waals surface area contributed by atoms with Gasteiger partial charge in [-0.1, -0.05) is 18.9 Å². The Morgan fingerprint density at radius 1 is 1.28 bits per heavy atom. The normalized spacial score (nSPS) is 18.4. The number of carbonyl (C=O) groups is 2. The van der Waals surface area contributed by atoms with Crippen LogP contribution in [0.25, 0.3) is 0 Å². The summed E-state index contributed by atoms with van der Waals surface area (Å²) in [5, 5.41) is 2.41. The van der Waals surface area contributed by atoms with Gasteiger partial charge >= 0.3 is 6.09 Å². The third-order valence-corrected chi connectivity index (χ3v) is 6.89. The fraction of sp³-hybridized carbons (Fsp3) is 0.529. The molecule has 0 bridgehead atoms. The summed E-state index contributed by atoms with van der Waals surface area (Å²) in [7, 11) is -3.21. The Hall–Kier alpha value is -2.09. The third-order valence-electron chi connectivity index (χ3n) is 4.63. The number of ether oxygens (including phenoxy) is 1. The number of sulfone groups is 1. The number of nitrogens with zero attached hydrogens (tertiary/aromatic N) is 1. The van der Waals surface area contributed by atoms with Gasteiger partial charge in [0.05, 0.1) is 17.5 Å². The van der Waals surface area contributed by atoms with Gasteiger partial charge in [0.1, 0.15) is 6.61 Å². The van der Waals surface area contributed by atoms with Crippen molar-refractivity contribution in [2.24, 2.45) is 0 Å². The highest BCUT2D eigenvalue weighted by molar-refractivity contribution is 7.92. The van der Waals surface area contributed by atoms with E-state index >= 15 is 0 Å². The minimum absolute atomic E-state index is 0.0607. The molecule has 25 heavy (non-hydrogen) atoms. The Morgan fingerprint density at radius 3 is 2.72 bits per heavy atom. The number of rotatable bonds is 6. The van der Waals surface area contributed by atoms with Crippen LogP contribution < -0.4 is 10.2 Å². The number of carbonyl (C=O) groups excluding carboxylic acids is 2. The first-order chi connectivity index (χ1) is 12.0. The van der Waals surface area contributed by atoms with Crippen molar-refractivity contribution < 1.29 is 22.7 Å². The van der Waals surface area contributed by atoms with Crippen LogP contribution in [0.5, 0.6) is 0 Å². The molecule has 8 heteroatoms. The third kappa shape index (κ3) is 4.31. The molecule has 2 fully saturated rings. The Balaban J connectivity index is 1.57. The predicted octanol–water partition coefficient (Wildman–Crippen LogP) is 2.33. The maximum atomic E-state index is 12.2. The van der Waals surface area contributed by atoms with Gasteiger partial charge in [0, 0.05) is 17.8 Å². The van der Waals surface area contributed by atoms with Gasteiger partial charge in [-0.2, -0.15) is 0 Å². The first-order valence-electron chi connectivity index (χ1n) is 8.51. The summed E-state index contributed by atoms with van der Waals surface area (Å²) in [5.41, 5.74) is 1.17. The molecule has 0 aromatic heterocycles. The summed E-state index contributed by atoms with van der Waals surface area (Å²) in [5.74, 6) is -0.468. The molecule has 0 unspecified atom stereocenters. The summed E-state index contributed by atoms with van der Waals surface area (Å²) in [6.07, 6.45) is 2.83. The predicted molar refractivity (Wildman–Crippen MR) is 94.4 cm³/mol. The van der Waals surface area contributed by atoms with E-state index in [4.69, 9.17) is 4.74 Å². The first kappa shape index (κ1) is 17.7. The van der Waals surface area contributed by atoms with Gasteiger partial charge in [-0.05, 0) is 31.0 Å². The van der Waals surface area contributed by atoms with Gasteiger partial charge in [0.25, 0.3) is 0 Å². The molecular formula is C17H22N2O5S. The topological polar surface area (TPSA) is 92.8 Å². The van der Waals surface area contributed by atoms with Crippen molar-refractivity contribution >= 4 is 33.2 Å². The molecule has 0 spiro atoms. The van der Waals surface area contributed by atoms with Crippen LogP contribution in [0.3, 0.4) is 0 Å². The SMILES string of the molecule is O=C(CCS(=O)(=O)C1CCCC1)Nc1cccc(N2CCOC2=O)c1. The molecule has 1 aromatic rings. The van der Waals surface area contributed by atoms with Crippen molar-refractivity contribution in [3.8, 4) is 0 Å². The molecule has 136 valence electrons. The van der Waals surface area contributed by atoms with Gasteiger partial charge in [0.15, 0.2) is 9.84 Å². The molecule has 1 saturated heterocycles. The number of nitrogens with one attached hydrogen (secondary N) is 1. The van der Waals surface area contributed by atoms with Crippen LogP contribution in [0.1, 0.15) is 32.1 Å². The van der Waals surface area contributed by atoms with E-state index in [2.05, 4.69) is 5.32 Å². The van der Waals surface area contributed by atoms with E-state index in [9.17, 15) is 18.0 Å². The first-order valence-corrected chi connectivity index (χ1v) is 10.2. The lowest BCUT2D eigenvalue weighted by Crippen LogP contribution is -2.25. The molecule has 1 aromatic carbocycles. The van der Waals surface area contributed by atoms with E-state index in [1.165, 1.54) is 4.90 Å². The zero-order valence-electron chi connectivity index (χ0n) is 13.9. The van der Waals surface area contributed by atoms with Crippen molar-refractivity contribution in [2.45, 2.75) is 37.4 Å². The number of cyclic esters (lactones) is 1. The average Bonchev–Trinajstić information content (AvgIpc) is 3.25. The lowest BCUT2D eigenvalue weighted by Gasteiger charge is -2.14. The zero-order valence-corrected chi connectivity index (χ0v) is 14.8. The van der Waals surface area contributed by atoms with Gasteiger partial charge in [-0.3, -0.25) is 9.69 Å². The summed E-state index contributed by atoms with van der Waals surface area (Å²) < 4.78 is 29.3. The molecule has 1 N–H and O–H groups in total.